The molecule has 2 aromatic rings. The number of sulfonamides is 1. The highest BCUT2D eigenvalue weighted by molar-refractivity contribution is 7.89. The number of rotatable bonds is 9. The first-order valence-corrected chi connectivity index (χ1v) is 12.6. The van der Waals surface area contributed by atoms with E-state index in [1.807, 2.05) is 30.3 Å². The standard InChI is InChI=1S/C23H28ClN3O5S/c1-2-32-21-9-8-18(15-19(21)24)33(30,31)26-20(14-16-6-4-3-5-7-16)23(29)27-12-10-17(11-13-27)22(25)28/h3-9,15,17,20,26H,2,10-14H2,1H3,(H2,25,28). The van der Waals surface area contributed by atoms with Gasteiger partial charge in [-0.05, 0) is 49.9 Å². The Balaban J connectivity index is 1.82. The van der Waals surface area contributed by atoms with E-state index in [2.05, 4.69) is 4.72 Å². The Labute approximate surface area is 199 Å². The summed E-state index contributed by atoms with van der Waals surface area (Å²) >= 11 is 6.17. The summed E-state index contributed by atoms with van der Waals surface area (Å²) in [5.41, 5.74) is 6.20. The number of primary amides is 1. The number of benzene rings is 2. The third-order valence-corrected chi connectivity index (χ3v) is 7.37. The van der Waals surface area contributed by atoms with Crippen molar-refractivity contribution in [2.75, 3.05) is 19.7 Å². The van der Waals surface area contributed by atoms with E-state index in [0.717, 1.165) is 5.56 Å². The Bertz CT molecular complexity index is 1090. The Hall–Kier alpha value is -2.62. The van der Waals surface area contributed by atoms with Crippen LogP contribution in [-0.4, -0.2) is 50.9 Å². The molecule has 1 saturated heterocycles. The molecule has 1 aliphatic heterocycles. The van der Waals surface area contributed by atoms with Crippen molar-refractivity contribution in [2.24, 2.45) is 11.7 Å². The van der Waals surface area contributed by atoms with Crippen LogP contribution in [0.2, 0.25) is 5.02 Å². The van der Waals surface area contributed by atoms with Crippen LogP contribution in [0.1, 0.15) is 25.3 Å². The molecule has 8 nitrogen and oxygen atoms in total. The Morgan fingerprint density at radius 2 is 1.85 bits per heavy atom. The molecule has 1 unspecified atom stereocenters. The minimum atomic E-state index is -4.05. The molecule has 0 bridgehead atoms. The second-order valence-corrected chi connectivity index (χ2v) is 10.0. The summed E-state index contributed by atoms with van der Waals surface area (Å²) < 4.78 is 34.2. The highest BCUT2D eigenvalue weighted by Crippen LogP contribution is 2.28. The van der Waals surface area contributed by atoms with Crippen molar-refractivity contribution >= 4 is 33.4 Å². The lowest BCUT2D eigenvalue weighted by Gasteiger charge is -2.33. The van der Waals surface area contributed by atoms with Gasteiger partial charge in [-0.1, -0.05) is 41.9 Å². The fraction of sp³-hybridized carbons (Fsp3) is 0.391. The van der Waals surface area contributed by atoms with E-state index in [1.54, 1.807) is 11.8 Å². The maximum Gasteiger partial charge on any atom is 0.241 e. The minimum absolute atomic E-state index is 0.0609. The van der Waals surface area contributed by atoms with Gasteiger partial charge >= 0.3 is 0 Å². The van der Waals surface area contributed by atoms with Gasteiger partial charge in [-0.2, -0.15) is 4.72 Å². The zero-order valence-corrected chi connectivity index (χ0v) is 19.9. The number of halogens is 1. The molecule has 1 aliphatic rings. The first-order valence-electron chi connectivity index (χ1n) is 10.8. The topological polar surface area (TPSA) is 119 Å². The maximum atomic E-state index is 13.3. The number of piperidine rings is 1. The molecule has 3 rings (SSSR count). The first kappa shape index (κ1) is 25.0. The molecule has 178 valence electrons. The molecule has 0 aromatic heterocycles. The van der Waals surface area contributed by atoms with E-state index in [1.165, 1.54) is 18.2 Å². The SMILES string of the molecule is CCOc1ccc(S(=O)(=O)NC(Cc2ccccc2)C(=O)N2CCC(C(N)=O)CC2)cc1Cl. The van der Waals surface area contributed by atoms with Crippen molar-refractivity contribution in [1.82, 2.24) is 9.62 Å². The van der Waals surface area contributed by atoms with Crippen molar-refractivity contribution in [1.29, 1.82) is 0 Å². The van der Waals surface area contributed by atoms with Crippen LogP contribution in [0.5, 0.6) is 5.75 Å². The van der Waals surface area contributed by atoms with Gasteiger partial charge in [0.05, 0.1) is 16.5 Å². The molecule has 1 atom stereocenters. The number of carbonyl (C=O) groups is 2. The van der Waals surface area contributed by atoms with Gasteiger partial charge in [-0.25, -0.2) is 8.42 Å². The fourth-order valence-corrected chi connectivity index (χ4v) is 5.33. The van der Waals surface area contributed by atoms with Crippen LogP contribution in [0.15, 0.2) is 53.4 Å². The third-order valence-electron chi connectivity index (χ3n) is 5.60. The largest absolute Gasteiger partial charge is 0.492 e. The van der Waals surface area contributed by atoms with Crippen LogP contribution in [-0.2, 0) is 26.0 Å². The lowest BCUT2D eigenvalue weighted by molar-refractivity contribution is -0.136. The van der Waals surface area contributed by atoms with E-state index >= 15 is 0 Å². The number of hydrogen-bond acceptors (Lipinski definition) is 5. The normalized spacial score (nSPS) is 15.8. The van der Waals surface area contributed by atoms with Gasteiger partial charge in [0.15, 0.2) is 0 Å². The predicted molar refractivity (Wildman–Crippen MR) is 125 cm³/mol. The summed E-state index contributed by atoms with van der Waals surface area (Å²) in [6.45, 7) is 2.88. The lowest BCUT2D eigenvalue weighted by atomic mass is 9.95. The number of nitrogens with two attached hydrogens (primary N) is 1. The summed E-state index contributed by atoms with van der Waals surface area (Å²) in [4.78, 5) is 26.3. The van der Waals surface area contributed by atoms with Crippen LogP contribution < -0.4 is 15.2 Å². The number of amides is 2. The van der Waals surface area contributed by atoms with Crippen molar-refractivity contribution in [2.45, 2.75) is 37.1 Å². The molecule has 10 heteroatoms. The quantitative estimate of drug-likeness (QED) is 0.555. The molecule has 33 heavy (non-hydrogen) atoms. The lowest BCUT2D eigenvalue weighted by Crippen LogP contribution is -2.52. The molecular weight excluding hydrogens is 466 g/mol. The average Bonchev–Trinajstić information content (AvgIpc) is 2.80. The smallest absolute Gasteiger partial charge is 0.241 e. The van der Waals surface area contributed by atoms with Crippen molar-refractivity contribution < 1.29 is 22.7 Å². The van der Waals surface area contributed by atoms with Gasteiger partial charge in [0.1, 0.15) is 11.8 Å². The Morgan fingerprint density at radius 3 is 2.42 bits per heavy atom. The van der Waals surface area contributed by atoms with Crippen molar-refractivity contribution in [3.8, 4) is 5.75 Å². The van der Waals surface area contributed by atoms with Gasteiger partial charge in [-0.3, -0.25) is 9.59 Å². The molecule has 1 heterocycles. The molecule has 0 aliphatic carbocycles. The summed E-state index contributed by atoms with van der Waals surface area (Å²) in [7, 11) is -4.05. The van der Waals surface area contributed by atoms with Gasteiger partial charge in [0, 0.05) is 19.0 Å². The molecule has 3 N–H and O–H groups in total. The third kappa shape index (κ3) is 6.46. The van der Waals surface area contributed by atoms with Crippen LogP contribution in [0.4, 0.5) is 0 Å². The second kappa shape index (κ2) is 11.0. The van der Waals surface area contributed by atoms with Gasteiger partial charge < -0.3 is 15.4 Å². The van der Waals surface area contributed by atoms with E-state index in [-0.39, 0.29) is 34.1 Å². The average molecular weight is 494 g/mol. The second-order valence-electron chi connectivity index (χ2n) is 7.89. The van der Waals surface area contributed by atoms with Crippen LogP contribution in [0.25, 0.3) is 0 Å². The van der Waals surface area contributed by atoms with E-state index < -0.39 is 16.1 Å². The summed E-state index contributed by atoms with van der Waals surface area (Å²) in [5.74, 6) is -0.616. The van der Waals surface area contributed by atoms with Gasteiger partial charge in [-0.15, -0.1) is 0 Å². The highest BCUT2D eigenvalue weighted by atomic mass is 35.5. The van der Waals surface area contributed by atoms with Crippen molar-refractivity contribution in [3.63, 3.8) is 0 Å². The van der Waals surface area contributed by atoms with Gasteiger partial charge in [0.25, 0.3) is 0 Å². The predicted octanol–water partition coefficient (Wildman–Crippen LogP) is 2.35. The molecule has 2 aromatic carbocycles. The van der Waals surface area contributed by atoms with Crippen LogP contribution in [0, 0.1) is 5.92 Å². The number of nitrogens with one attached hydrogen (secondary N) is 1. The van der Waals surface area contributed by atoms with E-state index in [4.69, 9.17) is 22.1 Å². The monoisotopic (exact) mass is 493 g/mol. The van der Waals surface area contributed by atoms with Crippen molar-refractivity contribution in [3.05, 3.63) is 59.1 Å². The van der Waals surface area contributed by atoms with Crippen LogP contribution in [0.3, 0.4) is 0 Å². The molecule has 2 amide bonds. The summed E-state index contributed by atoms with van der Waals surface area (Å²) in [6.07, 6.45) is 1.10. The molecule has 1 fully saturated rings. The van der Waals surface area contributed by atoms with Gasteiger partial charge in [0.2, 0.25) is 21.8 Å². The maximum absolute atomic E-state index is 13.3. The number of ether oxygens (including phenoxy) is 1. The summed E-state index contributed by atoms with van der Waals surface area (Å²) in [6, 6.07) is 12.3. The Morgan fingerprint density at radius 1 is 1.18 bits per heavy atom. The number of hydrogen-bond donors (Lipinski definition) is 2. The zero-order valence-electron chi connectivity index (χ0n) is 18.4. The number of nitrogens with zero attached hydrogens (tertiary/aromatic N) is 1. The summed E-state index contributed by atoms with van der Waals surface area (Å²) in [5, 5.41) is 0.166. The molecular formula is C23H28ClN3O5S. The zero-order chi connectivity index (χ0) is 24.0. The molecule has 0 spiro atoms. The minimum Gasteiger partial charge on any atom is -0.492 e. The molecule has 0 radical (unpaired) electrons. The number of likely N-dealkylation sites (tertiary alicyclic amines) is 1. The van der Waals surface area contributed by atoms with E-state index in [9.17, 15) is 18.0 Å². The first-order chi connectivity index (χ1) is 15.7. The number of carbonyl (C=O) groups excluding carboxylic acids is 2. The molecule has 0 saturated carbocycles. The van der Waals surface area contributed by atoms with Crippen LogP contribution >= 0.6 is 11.6 Å². The highest BCUT2D eigenvalue weighted by Gasteiger charge is 2.33. The van der Waals surface area contributed by atoms with E-state index in [0.29, 0.717) is 38.3 Å². The Kier molecular flexibility index (Phi) is 8.34. The fourth-order valence-electron chi connectivity index (χ4n) is 3.81.